The molecule has 3 N–H and O–H groups in total. The van der Waals surface area contributed by atoms with Crippen LogP contribution >= 0.6 is 0 Å². The van der Waals surface area contributed by atoms with Gasteiger partial charge in [-0.3, -0.25) is 0 Å². The van der Waals surface area contributed by atoms with Crippen LogP contribution in [-0.4, -0.2) is 45.1 Å². The van der Waals surface area contributed by atoms with Crippen LogP contribution in [0.25, 0.3) is 17.2 Å². The molecule has 0 spiro atoms. The van der Waals surface area contributed by atoms with E-state index in [1.54, 1.807) is 20.8 Å². The summed E-state index contributed by atoms with van der Waals surface area (Å²) in [5.74, 6) is -19.2. The van der Waals surface area contributed by atoms with Crippen molar-refractivity contribution in [1.29, 1.82) is 0 Å². The largest absolute Gasteiger partial charge is 4.00 e. The molecule has 0 aromatic heterocycles. The monoisotopic (exact) mass is 611 g/mol. The van der Waals surface area contributed by atoms with Gasteiger partial charge in [0.2, 0.25) is 0 Å². The van der Waals surface area contributed by atoms with Crippen molar-refractivity contribution in [2.75, 3.05) is 19.6 Å². The van der Waals surface area contributed by atoms with Crippen molar-refractivity contribution in [3.63, 3.8) is 0 Å². The molecule has 0 aliphatic heterocycles. The summed E-state index contributed by atoms with van der Waals surface area (Å²) < 4.78 is 113. The number of nitrogens with one attached hydrogen (secondary N) is 3. The van der Waals surface area contributed by atoms with Crippen LogP contribution in [0.15, 0.2) is 24.3 Å². The van der Waals surface area contributed by atoms with Gasteiger partial charge in [-0.1, -0.05) is 20.8 Å². The summed E-state index contributed by atoms with van der Waals surface area (Å²) >= 11 is 0. The topological polar surface area (TPSA) is 71.4 Å². The van der Waals surface area contributed by atoms with E-state index < -0.39 is 30.7 Å². The Balaban J connectivity index is -0.000000245. The van der Waals surface area contributed by atoms with E-state index in [1.807, 2.05) is 0 Å². The zero-order valence-corrected chi connectivity index (χ0v) is 19.9. The molecule has 0 fully saturated rings. The second-order valence-electron chi connectivity index (χ2n) is 4.48. The average molecular weight is 610 g/mol. The van der Waals surface area contributed by atoms with Gasteiger partial charge in [-0.25, -0.2) is 12.1 Å². The third-order valence-electron chi connectivity index (χ3n) is 2.37. The van der Waals surface area contributed by atoms with Crippen molar-refractivity contribution in [2.45, 2.75) is 38.2 Å². The fourth-order valence-corrected chi connectivity index (χ4v) is 4.24. The van der Waals surface area contributed by atoms with Crippen molar-refractivity contribution in [3.05, 3.63) is 41.5 Å². The number of rotatable bonds is 1. The Labute approximate surface area is 178 Å². The molecule has 0 unspecified atom stereocenters. The molecule has 28 heavy (non-hydrogen) atoms. The van der Waals surface area contributed by atoms with Crippen molar-refractivity contribution in [3.8, 4) is 0 Å². The molecule has 0 atom stereocenters. The van der Waals surface area contributed by atoms with Crippen molar-refractivity contribution >= 4 is 13.3 Å². The predicted octanol–water partition coefficient (Wildman–Crippen LogP) is 6.54. The van der Waals surface area contributed by atoms with Crippen LogP contribution in [-0.2, 0) is 25.8 Å². The van der Waals surface area contributed by atoms with E-state index in [2.05, 4.69) is 0 Å². The minimum Gasteiger partial charge on any atom is -0.678 e. The van der Waals surface area contributed by atoms with E-state index in [4.69, 9.17) is 17.2 Å². The van der Waals surface area contributed by atoms with Crippen molar-refractivity contribution < 1.29 is 65.4 Å². The molecule has 1 aromatic rings. The molecule has 0 saturated heterocycles. The quantitative estimate of drug-likeness (QED) is 0.197. The van der Waals surface area contributed by atoms with E-state index >= 15 is 0 Å². The molecule has 0 heterocycles. The fourth-order valence-electron chi connectivity index (χ4n) is 1.60. The first kappa shape index (κ1) is 35.1. The van der Waals surface area contributed by atoms with Crippen LogP contribution < -0.4 is 5.19 Å². The Morgan fingerprint density at radius 1 is 0.643 bits per heavy atom. The molecular formula is C14H22F9HfN3Si. The van der Waals surface area contributed by atoms with Gasteiger partial charge < -0.3 is 17.2 Å². The van der Waals surface area contributed by atoms with Gasteiger partial charge in [-0.15, -0.1) is 5.19 Å². The number of hydrogen-bond donors (Lipinski definition) is 0. The van der Waals surface area contributed by atoms with E-state index in [-0.39, 0.29) is 38.0 Å². The molecule has 0 radical (unpaired) electrons. The minimum atomic E-state index is -7.72. The Hall–Kier alpha value is -0.313. The van der Waals surface area contributed by atoms with Gasteiger partial charge in [-0.2, -0.15) is 71.3 Å². The van der Waals surface area contributed by atoms with E-state index in [1.165, 1.54) is 0 Å². The zero-order valence-electron chi connectivity index (χ0n) is 15.3. The minimum absolute atomic E-state index is 0. The van der Waals surface area contributed by atoms with Gasteiger partial charge in [0.1, 0.15) is 0 Å². The molecule has 0 saturated carbocycles. The Kier molecular flexibility index (Phi) is 19.5. The van der Waals surface area contributed by atoms with Gasteiger partial charge in [-0.05, 0) is 0 Å². The Morgan fingerprint density at radius 2 is 0.821 bits per heavy atom. The van der Waals surface area contributed by atoms with Crippen LogP contribution in [0, 0.1) is 0 Å². The van der Waals surface area contributed by atoms with Crippen molar-refractivity contribution in [1.82, 2.24) is 0 Å². The standard InChI is InChI=1S/C8H4F9Si.3C2H6N.Hf/c9-6(10,11)18(7(12,13)14,8(15,16)17)5-3-1-2-4-5;3*1-2-3;/h1-4H;3*3H,2H2,1H3;/q4*-1;+4. The van der Waals surface area contributed by atoms with Gasteiger partial charge in [0.15, 0.2) is 0 Å². The number of alkyl halides is 9. The molecule has 3 nitrogen and oxygen atoms in total. The molecule has 1 aromatic carbocycles. The van der Waals surface area contributed by atoms with Crippen LogP contribution in [0.1, 0.15) is 20.8 Å². The summed E-state index contributed by atoms with van der Waals surface area (Å²) in [6.07, 6.45) is 0. The van der Waals surface area contributed by atoms with Crippen LogP contribution in [0.5, 0.6) is 0 Å². The maximum atomic E-state index is 12.6. The maximum Gasteiger partial charge on any atom is 4.00 e. The van der Waals surface area contributed by atoms with Gasteiger partial charge >= 0.3 is 51.3 Å². The van der Waals surface area contributed by atoms with Crippen LogP contribution in [0.4, 0.5) is 39.5 Å². The second-order valence-corrected chi connectivity index (χ2v) is 8.26. The number of halogens is 9. The molecule has 1 rings (SSSR count). The fraction of sp³-hybridized carbons (Fsp3) is 0.643. The van der Waals surface area contributed by atoms with Crippen molar-refractivity contribution in [2.24, 2.45) is 0 Å². The Bertz CT molecular complexity index is 419. The molecule has 0 amide bonds. The molecule has 0 bridgehead atoms. The van der Waals surface area contributed by atoms with E-state index in [0.29, 0.717) is 31.8 Å². The molecular weight excluding hydrogens is 588 g/mol. The maximum absolute atomic E-state index is 12.6. The summed E-state index contributed by atoms with van der Waals surface area (Å²) in [4.78, 5) is 0. The molecule has 0 aliphatic rings. The van der Waals surface area contributed by atoms with Gasteiger partial charge in [0.25, 0.3) is 0 Å². The third kappa shape index (κ3) is 9.94. The predicted molar refractivity (Wildman–Crippen MR) is 90.2 cm³/mol. The first-order valence-corrected chi connectivity index (χ1v) is 9.46. The normalized spacial score (nSPS) is 11.5. The smallest absolute Gasteiger partial charge is 0.678 e. The van der Waals surface area contributed by atoms with Gasteiger partial charge in [0.05, 0.1) is 0 Å². The second kappa shape index (κ2) is 15.5. The Morgan fingerprint density at radius 3 is 0.964 bits per heavy atom. The summed E-state index contributed by atoms with van der Waals surface area (Å²) in [7, 11) is -7.72. The van der Waals surface area contributed by atoms with Crippen LogP contribution in [0.3, 0.4) is 0 Å². The molecule has 0 aliphatic carbocycles. The summed E-state index contributed by atoms with van der Waals surface area (Å²) in [6.45, 7) is 6.88. The zero-order chi connectivity index (χ0) is 22.5. The van der Waals surface area contributed by atoms with Gasteiger partial charge in [0, 0.05) is 0 Å². The number of hydrogen-bond acceptors (Lipinski definition) is 0. The SMILES string of the molecule is CC[NH-].CC[NH-].CC[NH-].FC(F)(F)[Si]([c-]1cccc1)(C(F)(F)F)C(F)(F)F.[Hf+4]. The average Bonchev–Trinajstić information content (AvgIpc) is 2.90. The third-order valence-corrected chi connectivity index (χ3v) is 6.12. The van der Waals surface area contributed by atoms with E-state index in [9.17, 15) is 39.5 Å². The summed E-state index contributed by atoms with van der Waals surface area (Å²) in [5.41, 5.74) is 18.6. The summed E-state index contributed by atoms with van der Waals surface area (Å²) in [6, 6.07) is 1.84. The van der Waals surface area contributed by atoms with E-state index in [0.717, 1.165) is 0 Å². The summed E-state index contributed by atoms with van der Waals surface area (Å²) in [5, 5.41) is -1.75. The molecule has 164 valence electrons. The first-order chi connectivity index (χ1) is 12.1. The van der Waals surface area contributed by atoms with Crippen LogP contribution in [0.2, 0.25) is 0 Å². The molecule has 14 heteroatoms. The first-order valence-electron chi connectivity index (χ1n) is 7.46.